The molecule has 0 fully saturated rings. The van der Waals surface area contributed by atoms with Crippen molar-refractivity contribution in [2.75, 3.05) is 4.90 Å². The molecule has 0 amide bonds. The summed E-state index contributed by atoms with van der Waals surface area (Å²) in [6.45, 7) is 0. The number of anilines is 3. The van der Waals surface area contributed by atoms with Crippen LogP contribution < -0.4 is 14.4 Å². The van der Waals surface area contributed by atoms with Crippen LogP contribution in [0.25, 0.3) is 53.6 Å². The second-order valence-corrected chi connectivity index (χ2v) is 20.5. The van der Waals surface area contributed by atoms with E-state index in [9.17, 15) is 0 Å². The Morgan fingerprint density at radius 1 is 0.292 bits per heavy atom. The highest BCUT2D eigenvalue weighted by Gasteiger charge is 2.53. The van der Waals surface area contributed by atoms with Crippen LogP contribution in [0.1, 0.15) is 44.5 Å². The molecule has 12 aromatic rings. The molecule has 2 spiro atoms. The number of hydrogen-bond donors (Lipinski definition) is 0. The van der Waals surface area contributed by atoms with Crippen molar-refractivity contribution in [3.05, 3.63) is 293 Å². The summed E-state index contributed by atoms with van der Waals surface area (Å²) in [6.07, 6.45) is 0. The van der Waals surface area contributed by atoms with E-state index in [4.69, 9.17) is 9.47 Å². The van der Waals surface area contributed by atoms with Gasteiger partial charge in [0.1, 0.15) is 23.0 Å². The minimum absolute atomic E-state index is 0.621. The fourth-order valence-electron chi connectivity index (χ4n) is 13.2. The molecular formula is C68H41NO2S. The fourth-order valence-corrected chi connectivity index (χ4v) is 14.3. The summed E-state index contributed by atoms with van der Waals surface area (Å²) < 4.78 is 16.1. The Bertz CT molecular complexity index is 3970. The van der Waals surface area contributed by atoms with Gasteiger partial charge in [0, 0.05) is 59.5 Å². The normalized spacial score (nSPS) is 14.3. The van der Waals surface area contributed by atoms with Gasteiger partial charge in [-0.2, -0.15) is 0 Å². The zero-order valence-corrected chi connectivity index (χ0v) is 39.7. The monoisotopic (exact) mass is 935 g/mol. The molecule has 4 aliphatic rings. The van der Waals surface area contributed by atoms with Crippen molar-refractivity contribution >= 4 is 48.6 Å². The number of benzene rings is 11. The van der Waals surface area contributed by atoms with E-state index in [1.54, 1.807) is 0 Å². The third kappa shape index (κ3) is 5.18. The lowest BCUT2D eigenvalue weighted by molar-refractivity contribution is 0.436. The molecule has 16 rings (SSSR count). The summed E-state index contributed by atoms with van der Waals surface area (Å²) in [7, 11) is 0. The average molecular weight is 936 g/mol. The third-order valence-corrected chi connectivity index (χ3v) is 17.2. The van der Waals surface area contributed by atoms with Crippen LogP contribution in [0.3, 0.4) is 0 Å². The summed E-state index contributed by atoms with van der Waals surface area (Å²) in [5.41, 5.74) is 18.9. The van der Waals surface area contributed by atoms with E-state index < -0.39 is 10.8 Å². The predicted octanol–water partition coefficient (Wildman–Crippen LogP) is 18.1. The van der Waals surface area contributed by atoms with Crippen LogP contribution in [-0.2, 0) is 10.8 Å². The van der Waals surface area contributed by atoms with Crippen molar-refractivity contribution in [3.63, 3.8) is 0 Å². The minimum atomic E-state index is -0.621. The summed E-state index contributed by atoms with van der Waals surface area (Å²) in [6, 6.07) is 91.5. The first-order valence-electron chi connectivity index (χ1n) is 24.7. The van der Waals surface area contributed by atoms with Crippen LogP contribution in [0.5, 0.6) is 23.0 Å². The Labute approximate surface area is 421 Å². The Balaban J connectivity index is 0.957. The average Bonchev–Trinajstić information content (AvgIpc) is 4.07. The molecule has 2 aliphatic carbocycles. The highest BCUT2D eigenvalue weighted by molar-refractivity contribution is 7.25. The number of fused-ring (bicyclic) bond motifs is 21. The quantitative estimate of drug-likeness (QED) is 0.176. The zero-order valence-electron chi connectivity index (χ0n) is 38.8. The lowest BCUT2D eigenvalue weighted by Gasteiger charge is -2.40. The number of para-hydroxylation sites is 4. The van der Waals surface area contributed by atoms with Crippen LogP contribution in [-0.4, -0.2) is 0 Å². The van der Waals surface area contributed by atoms with E-state index in [0.29, 0.717) is 0 Å². The largest absolute Gasteiger partial charge is 0.457 e. The van der Waals surface area contributed by atoms with Crippen molar-refractivity contribution in [2.24, 2.45) is 0 Å². The molecule has 11 aromatic carbocycles. The van der Waals surface area contributed by atoms with Gasteiger partial charge in [-0.1, -0.05) is 176 Å². The Morgan fingerprint density at radius 3 is 1.19 bits per heavy atom. The lowest BCUT2D eigenvalue weighted by atomic mass is 9.66. The van der Waals surface area contributed by atoms with Gasteiger partial charge in [0.15, 0.2) is 0 Å². The molecule has 0 N–H and O–H groups in total. The van der Waals surface area contributed by atoms with Gasteiger partial charge in [-0.3, -0.25) is 0 Å². The van der Waals surface area contributed by atoms with Gasteiger partial charge in [0.05, 0.1) is 10.8 Å². The molecule has 1 aromatic heterocycles. The molecule has 2 aliphatic heterocycles. The van der Waals surface area contributed by atoms with E-state index in [2.05, 4.69) is 254 Å². The number of thiophene rings is 1. The highest BCUT2D eigenvalue weighted by atomic mass is 32.1. The Hall–Kier alpha value is -8.96. The molecule has 0 unspecified atom stereocenters. The maximum Gasteiger partial charge on any atom is 0.132 e. The van der Waals surface area contributed by atoms with Crippen LogP contribution in [0.15, 0.2) is 249 Å². The molecule has 336 valence electrons. The second kappa shape index (κ2) is 14.8. The first kappa shape index (κ1) is 39.8. The number of hydrogen-bond acceptors (Lipinski definition) is 4. The van der Waals surface area contributed by atoms with Crippen LogP contribution >= 0.6 is 11.3 Å². The van der Waals surface area contributed by atoms with Gasteiger partial charge in [0.2, 0.25) is 0 Å². The molecule has 3 heterocycles. The molecule has 0 atom stereocenters. The lowest BCUT2D eigenvalue weighted by Crippen LogP contribution is -2.32. The van der Waals surface area contributed by atoms with Crippen molar-refractivity contribution in [1.29, 1.82) is 0 Å². The summed E-state index contributed by atoms with van der Waals surface area (Å²) in [4.78, 5) is 2.48. The van der Waals surface area contributed by atoms with Crippen LogP contribution in [0.4, 0.5) is 17.1 Å². The van der Waals surface area contributed by atoms with Crippen molar-refractivity contribution in [3.8, 4) is 56.4 Å². The summed E-state index contributed by atoms with van der Waals surface area (Å²) in [5.74, 6) is 3.52. The zero-order chi connectivity index (χ0) is 47.1. The van der Waals surface area contributed by atoms with Crippen molar-refractivity contribution in [1.82, 2.24) is 0 Å². The van der Waals surface area contributed by atoms with Gasteiger partial charge in [-0.15, -0.1) is 11.3 Å². The van der Waals surface area contributed by atoms with Gasteiger partial charge < -0.3 is 14.4 Å². The number of ether oxygens (including phenoxy) is 2. The number of nitrogens with zero attached hydrogens (tertiary/aromatic N) is 1. The SMILES string of the molecule is c1ccc2c(c1)Oc1ccccc1C21c2ccccc2-c2ccc(N(c3ccc(-c4cccc5sc6ccccc6c45)cc3)c3ccc4c(c3)C3(c5ccccc5Oc5ccccc53)c3ccccc3-4)cc21. The predicted molar refractivity (Wildman–Crippen MR) is 294 cm³/mol. The number of rotatable bonds is 4. The highest BCUT2D eigenvalue weighted by Crippen LogP contribution is 2.65. The molecule has 72 heavy (non-hydrogen) atoms. The van der Waals surface area contributed by atoms with Crippen LogP contribution in [0, 0.1) is 0 Å². The maximum absolute atomic E-state index is 6.76. The molecule has 0 saturated heterocycles. The van der Waals surface area contributed by atoms with Gasteiger partial charge >= 0.3 is 0 Å². The molecular weight excluding hydrogens is 895 g/mol. The first-order chi connectivity index (χ1) is 35.7. The Morgan fingerprint density at radius 2 is 0.681 bits per heavy atom. The second-order valence-electron chi connectivity index (χ2n) is 19.4. The molecule has 0 saturated carbocycles. The van der Waals surface area contributed by atoms with Gasteiger partial charge in [0.25, 0.3) is 0 Å². The van der Waals surface area contributed by atoms with Crippen LogP contribution in [0.2, 0.25) is 0 Å². The molecule has 0 bridgehead atoms. The van der Waals surface area contributed by atoms with E-state index in [0.717, 1.165) is 62.3 Å². The standard InChI is InChI=1S/C68H41NO2S/c1-4-20-52-47(16-1)49-38-36-44(40-58(49)67(52)54-22-6-10-26-60(54)70-61-27-11-7-23-55(61)67)69(43-34-32-42(33-35-43)46-19-15-31-65-66(46)51-18-3-14-30-64(51)72-65)45-37-39-50-48-17-2-5-21-53(48)68(59(50)41-45)56-24-8-12-28-62(56)71-63-29-13-9-25-57(63)68/h1-41H. The first-order valence-corrected chi connectivity index (χ1v) is 25.5. The Kier molecular flexibility index (Phi) is 8.18. The fraction of sp³-hybridized carbons (Fsp3) is 0.0294. The van der Waals surface area contributed by atoms with E-state index in [1.807, 2.05) is 11.3 Å². The minimum Gasteiger partial charge on any atom is -0.457 e. The van der Waals surface area contributed by atoms with E-state index in [-0.39, 0.29) is 0 Å². The smallest absolute Gasteiger partial charge is 0.132 e. The van der Waals surface area contributed by atoms with Gasteiger partial charge in [-0.25, -0.2) is 0 Å². The molecule has 3 nitrogen and oxygen atoms in total. The summed E-state index contributed by atoms with van der Waals surface area (Å²) in [5, 5.41) is 2.61. The molecule has 0 radical (unpaired) electrons. The van der Waals surface area contributed by atoms with Crippen molar-refractivity contribution < 1.29 is 9.47 Å². The van der Waals surface area contributed by atoms with Crippen molar-refractivity contribution in [2.45, 2.75) is 10.8 Å². The van der Waals surface area contributed by atoms with E-state index >= 15 is 0 Å². The van der Waals surface area contributed by atoms with E-state index in [1.165, 1.54) is 75.8 Å². The third-order valence-electron chi connectivity index (χ3n) is 16.0. The summed E-state index contributed by atoms with van der Waals surface area (Å²) >= 11 is 1.86. The van der Waals surface area contributed by atoms with Gasteiger partial charge in [-0.05, 0) is 128 Å². The molecule has 4 heteroatoms. The maximum atomic E-state index is 6.76. The topological polar surface area (TPSA) is 21.7 Å².